The average Bonchev–Trinajstić information content (AvgIpc) is 3.07. The molecule has 3 heterocycles. The first-order valence-electron chi connectivity index (χ1n) is 17.8. The summed E-state index contributed by atoms with van der Waals surface area (Å²) in [4.78, 5) is 38.2. The summed E-state index contributed by atoms with van der Waals surface area (Å²) in [5.74, 6) is 1.98. The van der Waals surface area contributed by atoms with Crippen molar-refractivity contribution in [1.29, 1.82) is 0 Å². The Balaban J connectivity index is 0.000000685. The van der Waals surface area contributed by atoms with Crippen molar-refractivity contribution < 1.29 is 12.4 Å². The SMILES string of the molecule is CC(C)(C)c1cc(NC2CCCCC2)ncn1.CC=O.CCC(C)(C)c1cc(NC2CCCCC2)ncn1.O=CN1CCCCC1.[HH].[HH]. The van der Waals surface area contributed by atoms with Gasteiger partial charge in [0.25, 0.3) is 0 Å². The molecule has 9 nitrogen and oxygen atoms in total. The lowest BCUT2D eigenvalue weighted by Crippen LogP contribution is -2.27. The summed E-state index contributed by atoms with van der Waals surface area (Å²) >= 11 is 0. The molecule has 0 spiro atoms. The topological polar surface area (TPSA) is 113 Å². The molecule has 0 radical (unpaired) electrons. The largest absolute Gasteiger partial charge is 0.367 e. The summed E-state index contributed by atoms with van der Waals surface area (Å²) in [6.45, 7) is 16.6. The monoisotopic (exact) mass is 642 g/mol. The van der Waals surface area contributed by atoms with Crippen molar-refractivity contribution in [1.82, 2.24) is 24.8 Å². The molecule has 46 heavy (non-hydrogen) atoms. The molecule has 0 unspecified atom stereocenters. The number of hydrogen-bond donors (Lipinski definition) is 2. The Labute approximate surface area is 282 Å². The highest BCUT2D eigenvalue weighted by Gasteiger charge is 2.21. The standard InChI is InChI=1S/C15H25N3.C14H23N3.C6H11NO.C2H4O.2H2/c1-4-15(2,3)13-10-14(17-11-16-13)18-12-8-6-5-7-9-12;1-14(2,3)12-9-13(16-10-15-12)17-11-7-5-4-6-8-11;8-6-7-4-2-1-3-5-7;1-2-3;;/h10-12H,4-9H2,1-3H3,(H,16,17,18);9-11H,4-8H2,1-3H3,(H,15,16,17);6H,1-5H2;2H,1H3;2*1H. The van der Waals surface area contributed by atoms with Crippen molar-refractivity contribution >= 4 is 24.3 Å². The third kappa shape index (κ3) is 15.0. The van der Waals surface area contributed by atoms with Gasteiger partial charge < -0.3 is 20.3 Å². The van der Waals surface area contributed by atoms with Crippen LogP contribution < -0.4 is 10.6 Å². The van der Waals surface area contributed by atoms with Crippen LogP contribution in [0.4, 0.5) is 11.6 Å². The van der Waals surface area contributed by atoms with E-state index in [1.165, 1.54) is 90.4 Å². The second-order valence-corrected chi connectivity index (χ2v) is 14.5. The van der Waals surface area contributed by atoms with Crippen molar-refractivity contribution in [3.63, 3.8) is 0 Å². The van der Waals surface area contributed by atoms with Crippen molar-refractivity contribution in [2.24, 2.45) is 0 Å². The fraction of sp³-hybridized carbons (Fsp3) is 0.730. The van der Waals surface area contributed by atoms with E-state index >= 15 is 0 Å². The maximum atomic E-state index is 10.1. The van der Waals surface area contributed by atoms with Crippen molar-refractivity contribution in [3.8, 4) is 0 Å². The third-order valence-electron chi connectivity index (χ3n) is 9.13. The summed E-state index contributed by atoms with van der Waals surface area (Å²) in [6.07, 6.45) is 23.1. The average molecular weight is 642 g/mol. The van der Waals surface area contributed by atoms with E-state index in [-0.39, 0.29) is 13.7 Å². The molecule has 2 saturated carbocycles. The zero-order valence-electron chi connectivity index (χ0n) is 30.0. The van der Waals surface area contributed by atoms with Crippen molar-refractivity contribution in [2.75, 3.05) is 23.7 Å². The van der Waals surface area contributed by atoms with Crippen LogP contribution in [0, 0.1) is 0 Å². The molecule has 262 valence electrons. The van der Waals surface area contributed by atoms with Gasteiger partial charge in [0.2, 0.25) is 6.41 Å². The number of nitrogens with one attached hydrogen (secondary N) is 2. The maximum Gasteiger partial charge on any atom is 0.209 e. The van der Waals surface area contributed by atoms with Crippen LogP contribution in [0.3, 0.4) is 0 Å². The Hall–Kier alpha value is -3.10. The lowest BCUT2D eigenvalue weighted by molar-refractivity contribution is -0.118. The molecule has 0 aromatic carbocycles. The smallest absolute Gasteiger partial charge is 0.209 e. The molecule has 5 rings (SSSR count). The highest BCUT2D eigenvalue weighted by molar-refractivity contribution is 5.47. The molecule has 1 saturated heterocycles. The van der Waals surface area contributed by atoms with Gasteiger partial charge in [-0.1, -0.05) is 80.1 Å². The van der Waals surface area contributed by atoms with Gasteiger partial charge in [0.1, 0.15) is 30.6 Å². The van der Waals surface area contributed by atoms with Crippen LogP contribution in [0.25, 0.3) is 0 Å². The van der Waals surface area contributed by atoms with Gasteiger partial charge in [0.05, 0.1) is 11.4 Å². The number of aldehydes is 1. The van der Waals surface area contributed by atoms with Gasteiger partial charge >= 0.3 is 0 Å². The van der Waals surface area contributed by atoms with E-state index in [2.05, 4.69) is 84.2 Å². The van der Waals surface area contributed by atoms with Crippen molar-refractivity contribution in [2.45, 2.75) is 161 Å². The summed E-state index contributed by atoms with van der Waals surface area (Å²) in [5, 5.41) is 7.11. The fourth-order valence-electron chi connectivity index (χ4n) is 5.77. The van der Waals surface area contributed by atoms with E-state index in [0.29, 0.717) is 12.1 Å². The molecule has 2 N–H and O–H groups in total. The Morgan fingerprint density at radius 3 is 1.52 bits per heavy atom. The predicted molar refractivity (Wildman–Crippen MR) is 195 cm³/mol. The van der Waals surface area contributed by atoms with Crippen LogP contribution >= 0.6 is 0 Å². The number of aromatic nitrogens is 4. The molecule has 0 atom stereocenters. The van der Waals surface area contributed by atoms with Crippen LogP contribution in [-0.2, 0) is 20.4 Å². The lowest BCUT2D eigenvalue weighted by atomic mass is 9.86. The van der Waals surface area contributed by atoms with Crippen LogP contribution in [0.15, 0.2) is 24.8 Å². The summed E-state index contributed by atoms with van der Waals surface area (Å²) in [5.41, 5.74) is 2.46. The molecule has 9 heteroatoms. The normalized spacial score (nSPS) is 17.5. The number of likely N-dealkylation sites (tertiary alicyclic amines) is 1. The molecule has 3 fully saturated rings. The molecule has 1 amide bonds. The zero-order chi connectivity index (χ0) is 33.8. The molecule has 0 bridgehead atoms. The minimum absolute atomic E-state index is 0. The van der Waals surface area contributed by atoms with E-state index in [9.17, 15) is 4.79 Å². The van der Waals surface area contributed by atoms with Gasteiger partial charge in [0, 0.05) is 51.0 Å². The molecular weight excluding hydrogens is 574 g/mol. The maximum absolute atomic E-state index is 10.1. The Bertz CT molecular complexity index is 1130. The van der Waals surface area contributed by atoms with Crippen LogP contribution in [0.5, 0.6) is 0 Å². The number of nitrogens with zero attached hydrogens (tertiary/aromatic N) is 5. The van der Waals surface area contributed by atoms with Gasteiger partial charge in [-0.05, 0) is 58.3 Å². The lowest BCUT2D eigenvalue weighted by Gasteiger charge is -2.25. The zero-order valence-corrected chi connectivity index (χ0v) is 30.0. The van der Waals surface area contributed by atoms with Gasteiger partial charge in [-0.2, -0.15) is 0 Å². The Kier molecular flexibility index (Phi) is 17.8. The summed E-state index contributed by atoms with van der Waals surface area (Å²) < 4.78 is 0. The van der Waals surface area contributed by atoms with Gasteiger partial charge in [0.15, 0.2) is 0 Å². The molecule has 2 aromatic rings. The van der Waals surface area contributed by atoms with E-state index < -0.39 is 0 Å². The summed E-state index contributed by atoms with van der Waals surface area (Å²) in [6, 6.07) is 5.42. The predicted octanol–water partition coefficient (Wildman–Crippen LogP) is 8.75. The number of carbonyl (C=O) groups is 2. The second kappa shape index (κ2) is 20.9. The van der Waals surface area contributed by atoms with E-state index in [4.69, 9.17) is 4.79 Å². The van der Waals surface area contributed by atoms with Gasteiger partial charge in [-0.25, -0.2) is 19.9 Å². The highest BCUT2D eigenvalue weighted by Crippen LogP contribution is 2.27. The number of amides is 1. The molecule has 1 aliphatic heterocycles. The quantitative estimate of drug-likeness (QED) is 0.289. The number of rotatable bonds is 7. The Morgan fingerprint density at radius 1 is 0.717 bits per heavy atom. The van der Waals surface area contributed by atoms with E-state index in [0.717, 1.165) is 55.2 Å². The molecule has 2 aliphatic carbocycles. The molecular formula is C37H67N7O2. The number of carbonyl (C=O) groups excluding carboxylic acids is 2. The highest BCUT2D eigenvalue weighted by atomic mass is 16.1. The van der Waals surface area contributed by atoms with E-state index in [1.807, 2.05) is 4.90 Å². The minimum Gasteiger partial charge on any atom is -0.367 e. The number of hydrogen-bond acceptors (Lipinski definition) is 8. The molecule has 2 aromatic heterocycles. The van der Waals surface area contributed by atoms with Gasteiger partial charge in [-0.3, -0.25) is 4.79 Å². The van der Waals surface area contributed by atoms with E-state index in [1.54, 1.807) is 12.7 Å². The first-order chi connectivity index (χ1) is 22.0. The first kappa shape index (κ1) is 39.1. The second-order valence-electron chi connectivity index (χ2n) is 14.5. The van der Waals surface area contributed by atoms with Crippen LogP contribution in [0.1, 0.15) is 153 Å². The number of anilines is 2. The third-order valence-corrected chi connectivity index (χ3v) is 9.13. The number of piperidine rings is 1. The first-order valence-corrected chi connectivity index (χ1v) is 17.8. The summed E-state index contributed by atoms with van der Waals surface area (Å²) in [7, 11) is 0. The van der Waals surface area contributed by atoms with Crippen LogP contribution in [0.2, 0.25) is 0 Å². The Morgan fingerprint density at radius 2 is 1.13 bits per heavy atom. The van der Waals surface area contributed by atoms with Crippen molar-refractivity contribution in [3.05, 3.63) is 36.2 Å². The van der Waals surface area contributed by atoms with Gasteiger partial charge in [-0.15, -0.1) is 0 Å². The van der Waals surface area contributed by atoms with Crippen LogP contribution in [-0.4, -0.2) is 62.7 Å². The minimum atomic E-state index is 0. The fourth-order valence-corrected chi connectivity index (χ4v) is 5.77. The molecule has 3 aliphatic rings.